The Balaban J connectivity index is 2.27. The van der Waals surface area contributed by atoms with E-state index >= 15 is 0 Å². The topological polar surface area (TPSA) is 21.3 Å². The van der Waals surface area contributed by atoms with Gasteiger partial charge in [-0.05, 0) is 77.3 Å². The Morgan fingerprint density at radius 1 is 1.11 bits per heavy atom. The Bertz CT molecular complexity index is 387. The van der Waals surface area contributed by atoms with E-state index in [9.17, 15) is 0 Å². The maximum atomic E-state index is 6.13. The molecule has 0 heterocycles. The van der Waals surface area contributed by atoms with Crippen LogP contribution in [0.3, 0.4) is 0 Å². The van der Waals surface area contributed by atoms with Crippen molar-refractivity contribution in [2.75, 3.05) is 13.2 Å². The SMILES string of the molecule is Cc1cc(OCCCCNC(C)(C)C)cc(C)c1Cl. The van der Waals surface area contributed by atoms with Crippen LogP contribution in [-0.2, 0) is 0 Å². The van der Waals surface area contributed by atoms with Gasteiger partial charge in [0.05, 0.1) is 6.61 Å². The number of aryl methyl sites for hydroxylation is 2. The van der Waals surface area contributed by atoms with Crippen molar-refractivity contribution in [3.05, 3.63) is 28.3 Å². The molecule has 19 heavy (non-hydrogen) atoms. The van der Waals surface area contributed by atoms with Crippen molar-refractivity contribution in [3.63, 3.8) is 0 Å². The van der Waals surface area contributed by atoms with Crippen molar-refractivity contribution < 1.29 is 4.74 Å². The van der Waals surface area contributed by atoms with Gasteiger partial charge in [-0.2, -0.15) is 0 Å². The molecule has 0 aliphatic rings. The van der Waals surface area contributed by atoms with Crippen LogP contribution in [-0.4, -0.2) is 18.7 Å². The largest absolute Gasteiger partial charge is 0.494 e. The average Bonchev–Trinajstić information content (AvgIpc) is 2.29. The number of nitrogens with one attached hydrogen (secondary N) is 1. The second-order valence-corrected chi connectivity index (χ2v) is 6.48. The van der Waals surface area contributed by atoms with Crippen LogP contribution >= 0.6 is 11.6 Å². The van der Waals surface area contributed by atoms with E-state index in [1.54, 1.807) is 0 Å². The van der Waals surface area contributed by atoms with Gasteiger partial charge in [-0.25, -0.2) is 0 Å². The van der Waals surface area contributed by atoms with Crippen LogP contribution < -0.4 is 10.1 Å². The molecule has 0 amide bonds. The fourth-order valence-corrected chi connectivity index (χ4v) is 1.98. The third-order valence-corrected chi connectivity index (χ3v) is 3.50. The molecule has 0 saturated heterocycles. The molecule has 1 N–H and O–H groups in total. The molecule has 0 bridgehead atoms. The van der Waals surface area contributed by atoms with Crippen LogP contribution in [0, 0.1) is 13.8 Å². The summed E-state index contributed by atoms with van der Waals surface area (Å²) in [7, 11) is 0. The summed E-state index contributed by atoms with van der Waals surface area (Å²) < 4.78 is 5.77. The smallest absolute Gasteiger partial charge is 0.119 e. The Morgan fingerprint density at radius 3 is 2.21 bits per heavy atom. The van der Waals surface area contributed by atoms with Crippen LogP contribution in [0.2, 0.25) is 5.02 Å². The highest BCUT2D eigenvalue weighted by atomic mass is 35.5. The first-order valence-electron chi connectivity index (χ1n) is 6.94. The van der Waals surface area contributed by atoms with E-state index in [1.165, 1.54) is 0 Å². The molecule has 1 aromatic carbocycles. The zero-order valence-corrected chi connectivity index (χ0v) is 13.5. The molecule has 3 heteroatoms. The average molecular weight is 284 g/mol. The summed E-state index contributed by atoms with van der Waals surface area (Å²) in [4.78, 5) is 0. The van der Waals surface area contributed by atoms with Crippen molar-refractivity contribution in [2.45, 2.75) is 53.0 Å². The fourth-order valence-electron chi connectivity index (χ4n) is 1.87. The van der Waals surface area contributed by atoms with Gasteiger partial charge < -0.3 is 10.1 Å². The minimum atomic E-state index is 0.200. The van der Waals surface area contributed by atoms with Crippen LogP contribution in [0.25, 0.3) is 0 Å². The van der Waals surface area contributed by atoms with Gasteiger partial charge in [0, 0.05) is 10.6 Å². The molecule has 0 radical (unpaired) electrons. The summed E-state index contributed by atoms with van der Waals surface area (Å²) in [5, 5.41) is 4.31. The standard InChI is InChI=1S/C16H26ClNO/c1-12-10-14(11-13(2)15(12)17)19-9-7-6-8-18-16(3,4)5/h10-11,18H,6-9H2,1-5H3. The molecule has 0 spiro atoms. The van der Waals surface area contributed by atoms with E-state index in [-0.39, 0.29) is 5.54 Å². The van der Waals surface area contributed by atoms with Gasteiger partial charge in [-0.15, -0.1) is 0 Å². The van der Waals surface area contributed by atoms with Crippen LogP contribution in [0.15, 0.2) is 12.1 Å². The first kappa shape index (κ1) is 16.3. The number of ether oxygens (including phenoxy) is 1. The number of halogens is 1. The van der Waals surface area contributed by atoms with Gasteiger partial charge >= 0.3 is 0 Å². The number of unbranched alkanes of at least 4 members (excludes halogenated alkanes) is 1. The predicted molar refractivity (Wildman–Crippen MR) is 83.4 cm³/mol. The number of benzene rings is 1. The lowest BCUT2D eigenvalue weighted by molar-refractivity contribution is 0.301. The predicted octanol–water partition coefficient (Wildman–Crippen LogP) is 4.50. The molecule has 0 atom stereocenters. The Morgan fingerprint density at radius 2 is 1.68 bits per heavy atom. The lowest BCUT2D eigenvalue weighted by Gasteiger charge is -2.20. The van der Waals surface area contributed by atoms with E-state index in [2.05, 4.69) is 26.1 Å². The minimum absolute atomic E-state index is 0.200. The van der Waals surface area contributed by atoms with Crippen molar-refractivity contribution >= 4 is 11.6 Å². The number of hydrogen-bond acceptors (Lipinski definition) is 2. The van der Waals surface area contributed by atoms with Crippen molar-refractivity contribution in [1.29, 1.82) is 0 Å². The second-order valence-electron chi connectivity index (χ2n) is 6.10. The Kier molecular flexibility index (Phi) is 6.15. The van der Waals surface area contributed by atoms with Crippen molar-refractivity contribution in [1.82, 2.24) is 5.32 Å². The Labute approximate surface area is 122 Å². The highest BCUT2D eigenvalue weighted by Crippen LogP contribution is 2.25. The van der Waals surface area contributed by atoms with E-state index in [1.807, 2.05) is 26.0 Å². The summed E-state index contributed by atoms with van der Waals surface area (Å²) in [5.41, 5.74) is 2.35. The summed E-state index contributed by atoms with van der Waals surface area (Å²) >= 11 is 6.13. The molecular weight excluding hydrogens is 258 g/mol. The van der Waals surface area contributed by atoms with Gasteiger partial charge in [-0.3, -0.25) is 0 Å². The molecule has 1 rings (SSSR count). The van der Waals surface area contributed by atoms with Crippen LogP contribution in [0.5, 0.6) is 5.75 Å². The van der Waals surface area contributed by atoms with Crippen LogP contribution in [0.1, 0.15) is 44.7 Å². The van der Waals surface area contributed by atoms with E-state index in [4.69, 9.17) is 16.3 Å². The summed E-state index contributed by atoms with van der Waals surface area (Å²) in [6.45, 7) is 12.4. The molecule has 1 aromatic rings. The first-order valence-corrected chi connectivity index (χ1v) is 7.32. The van der Waals surface area contributed by atoms with E-state index in [0.717, 1.165) is 47.9 Å². The van der Waals surface area contributed by atoms with Gasteiger partial charge in [0.2, 0.25) is 0 Å². The summed E-state index contributed by atoms with van der Waals surface area (Å²) in [6, 6.07) is 4.01. The lowest BCUT2D eigenvalue weighted by Crippen LogP contribution is -2.36. The van der Waals surface area contributed by atoms with Crippen molar-refractivity contribution in [3.8, 4) is 5.75 Å². The fraction of sp³-hybridized carbons (Fsp3) is 0.625. The molecule has 2 nitrogen and oxygen atoms in total. The molecule has 0 aliphatic carbocycles. The molecule has 0 saturated carbocycles. The zero-order valence-electron chi connectivity index (χ0n) is 12.8. The normalized spacial score (nSPS) is 11.7. The quantitative estimate of drug-likeness (QED) is 0.776. The van der Waals surface area contributed by atoms with Gasteiger partial charge in [-0.1, -0.05) is 11.6 Å². The summed E-state index contributed by atoms with van der Waals surface area (Å²) in [6.07, 6.45) is 2.19. The van der Waals surface area contributed by atoms with Gasteiger partial charge in [0.15, 0.2) is 0 Å². The molecule has 0 fully saturated rings. The van der Waals surface area contributed by atoms with Gasteiger partial charge in [0.25, 0.3) is 0 Å². The molecule has 0 aromatic heterocycles. The third kappa shape index (κ3) is 6.31. The lowest BCUT2D eigenvalue weighted by atomic mass is 10.1. The van der Waals surface area contributed by atoms with Crippen LogP contribution in [0.4, 0.5) is 0 Å². The van der Waals surface area contributed by atoms with E-state index < -0.39 is 0 Å². The molecule has 0 aliphatic heterocycles. The third-order valence-electron chi connectivity index (χ3n) is 2.91. The zero-order chi connectivity index (χ0) is 14.5. The first-order chi connectivity index (χ1) is 8.79. The van der Waals surface area contributed by atoms with Gasteiger partial charge in [0.1, 0.15) is 5.75 Å². The summed E-state index contributed by atoms with van der Waals surface area (Å²) in [5.74, 6) is 0.920. The number of hydrogen-bond donors (Lipinski definition) is 1. The monoisotopic (exact) mass is 283 g/mol. The molecule has 0 unspecified atom stereocenters. The molecule has 108 valence electrons. The van der Waals surface area contributed by atoms with Crippen molar-refractivity contribution in [2.24, 2.45) is 0 Å². The highest BCUT2D eigenvalue weighted by Gasteiger charge is 2.07. The van der Waals surface area contributed by atoms with E-state index in [0.29, 0.717) is 0 Å². The Hall–Kier alpha value is -0.730. The second kappa shape index (κ2) is 7.16. The maximum Gasteiger partial charge on any atom is 0.119 e. The molecular formula is C16H26ClNO. The maximum absolute atomic E-state index is 6.13. The highest BCUT2D eigenvalue weighted by molar-refractivity contribution is 6.32. The number of rotatable bonds is 6. The minimum Gasteiger partial charge on any atom is -0.494 e.